The van der Waals surface area contributed by atoms with Crippen LogP contribution < -0.4 is 9.75 Å². The van der Waals surface area contributed by atoms with E-state index in [0.29, 0.717) is 6.42 Å². The summed E-state index contributed by atoms with van der Waals surface area (Å²) in [6.07, 6.45) is 7.49. The Labute approximate surface area is 83.4 Å². The van der Waals surface area contributed by atoms with Crippen molar-refractivity contribution in [3.05, 3.63) is 22.3 Å². The minimum atomic E-state index is 0.164. The molecule has 0 bridgehead atoms. The van der Waals surface area contributed by atoms with E-state index in [4.69, 9.17) is 0 Å². The number of ketones is 1. The molecular formula is C10H6N2OS. The summed E-state index contributed by atoms with van der Waals surface area (Å²) >= 11 is 1.54. The van der Waals surface area contributed by atoms with Gasteiger partial charge in [0.25, 0.3) is 0 Å². The lowest BCUT2D eigenvalue weighted by molar-refractivity contribution is -0.112. The van der Waals surface area contributed by atoms with Gasteiger partial charge in [0, 0.05) is 27.8 Å². The highest BCUT2D eigenvalue weighted by molar-refractivity contribution is 7.16. The number of aromatic nitrogens is 2. The fraction of sp³-hybridized carbons (Fsp3) is 0.100. The van der Waals surface area contributed by atoms with Gasteiger partial charge in [0.1, 0.15) is 11.2 Å². The van der Waals surface area contributed by atoms with Crippen molar-refractivity contribution in [3.63, 3.8) is 0 Å². The molecule has 2 heterocycles. The number of nitrogens with zero attached hydrogens (tertiary/aromatic N) is 2. The fourth-order valence-corrected chi connectivity index (χ4v) is 2.68. The first-order valence-electron chi connectivity index (χ1n) is 4.28. The monoisotopic (exact) mass is 202 g/mol. The Bertz CT molecular complexity index is 642. The Balaban J connectivity index is 2.58. The molecule has 0 unspecified atom stereocenters. The number of carbonyl (C=O) groups is 1. The molecule has 0 saturated heterocycles. The largest absolute Gasteiger partial charge is 0.294 e. The predicted octanol–water partition coefficient (Wildman–Crippen LogP) is 0.225. The van der Waals surface area contributed by atoms with Crippen molar-refractivity contribution in [2.24, 2.45) is 0 Å². The molecule has 0 aliphatic heterocycles. The van der Waals surface area contributed by atoms with Crippen LogP contribution in [0.15, 0.2) is 12.5 Å². The third-order valence-electron chi connectivity index (χ3n) is 2.24. The minimum Gasteiger partial charge on any atom is -0.294 e. The van der Waals surface area contributed by atoms with Gasteiger partial charge in [0.05, 0.1) is 0 Å². The number of thiophene rings is 1. The van der Waals surface area contributed by atoms with Gasteiger partial charge in [-0.3, -0.25) is 4.79 Å². The van der Waals surface area contributed by atoms with Crippen LogP contribution in [0.5, 0.6) is 0 Å². The van der Waals surface area contributed by atoms with Crippen LogP contribution >= 0.6 is 11.3 Å². The average molecular weight is 202 g/mol. The van der Waals surface area contributed by atoms with E-state index in [1.54, 1.807) is 23.6 Å². The molecule has 3 nitrogen and oxygen atoms in total. The third-order valence-corrected chi connectivity index (χ3v) is 3.31. The summed E-state index contributed by atoms with van der Waals surface area (Å²) in [5, 5.41) is 2.17. The Morgan fingerprint density at radius 3 is 3.29 bits per heavy atom. The topological polar surface area (TPSA) is 42.9 Å². The van der Waals surface area contributed by atoms with E-state index in [2.05, 4.69) is 9.97 Å². The average Bonchev–Trinajstić information content (AvgIpc) is 2.54. The quantitative estimate of drug-likeness (QED) is 0.614. The molecule has 2 aromatic heterocycles. The molecule has 0 spiro atoms. The van der Waals surface area contributed by atoms with Gasteiger partial charge in [-0.1, -0.05) is 6.08 Å². The molecule has 3 rings (SSSR count). The normalized spacial score (nSPS) is 14.7. The van der Waals surface area contributed by atoms with Gasteiger partial charge in [-0.05, 0) is 6.08 Å². The summed E-state index contributed by atoms with van der Waals surface area (Å²) in [7, 11) is 0. The molecule has 14 heavy (non-hydrogen) atoms. The van der Waals surface area contributed by atoms with Crippen molar-refractivity contribution in [2.45, 2.75) is 6.42 Å². The summed E-state index contributed by atoms with van der Waals surface area (Å²) in [6, 6.07) is 0. The molecular weight excluding hydrogens is 196 g/mol. The zero-order chi connectivity index (χ0) is 9.54. The molecule has 0 fully saturated rings. The summed E-state index contributed by atoms with van der Waals surface area (Å²) in [5.41, 5.74) is 0. The van der Waals surface area contributed by atoms with Crippen molar-refractivity contribution in [1.82, 2.24) is 9.97 Å². The fourth-order valence-electron chi connectivity index (χ4n) is 1.60. The standard InChI is InChI=1S/C10H6N2OS/c13-6-1-2-7-8-4-11-5-12-10(8)14-9(7)3-6/h2-5H,1H2. The number of hydrogen-bond donors (Lipinski definition) is 0. The Morgan fingerprint density at radius 2 is 2.36 bits per heavy atom. The lowest BCUT2D eigenvalue weighted by Crippen LogP contribution is -2.24. The van der Waals surface area contributed by atoms with E-state index >= 15 is 0 Å². The second kappa shape index (κ2) is 2.72. The van der Waals surface area contributed by atoms with Gasteiger partial charge >= 0.3 is 0 Å². The van der Waals surface area contributed by atoms with Gasteiger partial charge in [0.2, 0.25) is 0 Å². The van der Waals surface area contributed by atoms with E-state index in [1.165, 1.54) is 6.33 Å². The van der Waals surface area contributed by atoms with Gasteiger partial charge in [0.15, 0.2) is 5.78 Å². The number of fused-ring (bicyclic) bond motifs is 3. The van der Waals surface area contributed by atoms with Crippen LogP contribution in [0.1, 0.15) is 6.42 Å². The van der Waals surface area contributed by atoms with E-state index in [-0.39, 0.29) is 5.78 Å². The van der Waals surface area contributed by atoms with Crippen molar-refractivity contribution in [3.8, 4) is 0 Å². The van der Waals surface area contributed by atoms with Crippen LogP contribution in [-0.2, 0) is 4.79 Å². The van der Waals surface area contributed by atoms with Crippen LogP contribution in [0, 0.1) is 0 Å². The molecule has 1 aliphatic carbocycles. The Morgan fingerprint density at radius 1 is 1.43 bits per heavy atom. The predicted molar refractivity (Wildman–Crippen MR) is 55.2 cm³/mol. The maximum absolute atomic E-state index is 11.2. The lowest BCUT2D eigenvalue weighted by Gasteiger charge is -1.92. The van der Waals surface area contributed by atoms with Crippen LogP contribution in [0.25, 0.3) is 22.4 Å². The van der Waals surface area contributed by atoms with Gasteiger partial charge < -0.3 is 0 Å². The van der Waals surface area contributed by atoms with E-state index in [1.807, 2.05) is 6.08 Å². The molecule has 0 atom stereocenters. The van der Waals surface area contributed by atoms with Crippen molar-refractivity contribution < 1.29 is 4.79 Å². The summed E-state index contributed by atoms with van der Waals surface area (Å²) in [5.74, 6) is 0.164. The van der Waals surface area contributed by atoms with Crippen molar-refractivity contribution in [2.75, 3.05) is 0 Å². The number of carbonyl (C=O) groups excluding carboxylic acids is 1. The van der Waals surface area contributed by atoms with Crippen molar-refractivity contribution in [1.29, 1.82) is 0 Å². The number of rotatable bonds is 0. The molecule has 68 valence electrons. The molecule has 1 aliphatic rings. The second-order valence-corrected chi connectivity index (χ2v) is 4.17. The van der Waals surface area contributed by atoms with Gasteiger partial charge in [-0.2, -0.15) is 0 Å². The van der Waals surface area contributed by atoms with E-state index in [0.717, 1.165) is 20.0 Å². The first-order valence-corrected chi connectivity index (χ1v) is 5.09. The highest BCUT2D eigenvalue weighted by Gasteiger charge is 2.07. The third kappa shape index (κ3) is 1.01. The summed E-state index contributed by atoms with van der Waals surface area (Å²) in [6.45, 7) is 0. The first kappa shape index (κ1) is 7.82. The summed E-state index contributed by atoms with van der Waals surface area (Å²) in [4.78, 5) is 20.3. The van der Waals surface area contributed by atoms with Crippen LogP contribution in [0.4, 0.5) is 0 Å². The molecule has 0 aromatic carbocycles. The zero-order valence-electron chi connectivity index (χ0n) is 7.23. The lowest BCUT2D eigenvalue weighted by atomic mass is 10.1. The van der Waals surface area contributed by atoms with E-state index in [9.17, 15) is 4.79 Å². The number of Topliss-reactive ketones (excluding diaryl/α,β-unsaturated/α-hetero) is 1. The number of hydrogen-bond acceptors (Lipinski definition) is 4. The van der Waals surface area contributed by atoms with Crippen molar-refractivity contribution >= 4 is 39.5 Å². The Kier molecular flexibility index (Phi) is 1.52. The highest BCUT2D eigenvalue weighted by atomic mass is 32.1. The highest BCUT2D eigenvalue weighted by Crippen LogP contribution is 2.09. The van der Waals surface area contributed by atoms with Gasteiger partial charge in [-0.25, -0.2) is 9.97 Å². The maximum Gasteiger partial charge on any atom is 0.160 e. The van der Waals surface area contributed by atoms with Crippen LogP contribution in [0.2, 0.25) is 0 Å². The maximum atomic E-state index is 11.2. The summed E-state index contributed by atoms with van der Waals surface area (Å²) < 4.78 is 1.01. The molecule has 2 aromatic rings. The smallest absolute Gasteiger partial charge is 0.160 e. The minimum absolute atomic E-state index is 0.164. The van der Waals surface area contributed by atoms with Crippen LogP contribution in [0.3, 0.4) is 0 Å². The second-order valence-electron chi connectivity index (χ2n) is 3.14. The van der Waals surface area contributed by atoms with Crippen LogP contribution in [-0.4, -0.2) is 15.8 Å². The first-order chi connectivity index (χ1) is 6.84. The molecule has 4 heteroatoms. The SMILES string of the molecule is O=C1C=c2sc3ncncc3c2=CC1. The van der Waals surface area contributed by atoms with Gasteiger partial charge in [-0.15, -0.1) is 11.3 Å². The Hall–Kier alpha value is -1.55. The zero-order valence-corrected chi connectivity index (χ0v) is 8.04. The molecule has 0 amide bonds. The van der Waals surface area contributed by atoms with E-state index < -0.39 is 0 Å². The molecule has 0 radical (unpaired) electrons. The molecule has 0 saturated carbocycles. The molecule has 0 N–H and O–H groups in total.